The first-order valence-electron chi connectivity index (χ1n) is 4.10. The lowest BCUT2D eigenvalue weighted by molar-refractivity contribution is -0.142. The lowest BCUT2D eigenvalue weighted by Crippen LogP contribution is -2.28. The van der Waals surface area contributed by atoms with Gasteiger partial charge in [-0.05, 0) is 36.8 Å². The minimum atomic E-state index is -0.900. The van der Waals surface area contributed by atoms with Crippen molar-refractivity contribution in [2.24, 2.45) is 0 Å². The van der Waals surface area contributed by atoms with Gasteiger partial charge in [0.1, 0.15) is 5.41 Å². The number of hydrogen-bond acceptors (Lipinski definition) is 4. The summed E-state index contributed by atoms with van der Waals surface area (Å²) >= 11 is 2.91. The highest BCUT2D eigenvalue weighted by Crippen LogP contribution is 2.35. The molecule has 0 spiro atoms. The Bertz CT molecular complexity index is 484. The van der Waals surface area contributed by atoms with Gasteiger partial charge in [-0.25, -0.2) is 0 Å². The molecule has 0 aliphatic rings. The molecule has 0 radical (unpaired) electrons. The summed E-state index contributed by atoms with van der Waals surface area (Å²) in [5, 5.41) is 11.0. The number of hydrogen-bond donors (Lipinski definition) is 1. The second-order valence-corrected chi connectivity index (χ2v) is 5.30. The third-order valence-electron chi connectivity index (χ3n) is 2.21. The van der Waals surface area contributed by atoms with E-state index in [4.69, 9.17) is 5.11 Å². The van der Waals surface area contributed by atoms with Gasteiger partial charge in [0, 0.05) is 0 Å². The number of aromatic nitrogens is 1. The van der Waals surface area contributed by atoms with Crippen molar-refractivity contribution in [1.82, 2.24) is 4.37 Å². The fourth-order valence-electron chi connectivity index (χ4n) is 1.18. The summed E-state index contributed by atoms with van der Waals surface area (Å²) in [6, 6.07) is 1.97. The molecule has 0 aliphatic carbocycles. The highest BCUT2D eigenvalue weighted by molar-refractivity contribution is 7.24. The molecular weight excluding hydrogens is 218 g/mol. The second kappa shape index (κ2) is 3.03. The van der Waals surface area contributed by atoms with Gasteiger partial charge in [-0.2, -0.15) is 4.37 Å². The zero-order chi connectivity index (χ0) is 10.3. The number of fused-ring (bicyclic) bond motifs is 1. The van der Waals surface area contributed by atoms with E-state index < -0.39 is 11.4 Å². The first-order chi connectivity index (χ1) is 6.53. The first-order valence-corrected chi connectivity index (χ1v) is 5.75. The Hall–Kier alpha value is -0.940. The molecule has 0 aliphatic heterocycles. The van der Waals surface area contributed by atoms with Crippen LogP contribution in [0.15, 0.2) is 11.4 Å². The maximum atomic E-state index is 11.1. The predicted octanol–water partition coefficient (Wildman–Crippen LogP) is 2.72. The van der Waals surface area contributed by atoms with Crippen molar-refractivity contribution in [3.05, 3.63) is 17.1 Å². The molecule has 2 aromatic heterocycles. The Morgan fingerprint density at radius 2 is 2.29 bits per heavy atom. The van der Waals surface area contributed by atoms with Gasteiger partial charge in [-0.3, -0.25) is 4.79 Å². The Morgan fingerprint density at radius 1 is 1.57 bits per heavy atom. The summed E-state index contributed by atoms with van der Waals surface area (Å²) in [6.45, 7) is 3.37. The van der Waals surface area contributed by atoms with Gasteiger partial charge in [0.15, 0.2) is 0 Å². The van der Waals surface area contributed by atoms with E-state index in [0.29, 0.717) is 5.69 Å². The van der Waals surface area contributed by atoms with Crippen molar-refractivity contribution >= 4 is 38.2 Å². The Labute approximate surface area is 89.2 Å². The average Bonchev–Trinajstić information content (AvgIpc) is 2.61. The number of rotatable bonds is 2. The number of carbonyl (C=O) groups is 1. The van der Waals surface area contributed by atoms with Crippen molar-refractivity contribution in [1.29, 1.82) is 0 Å². The summed E-state index contributed by atoms with van der Waals surface area (Å²) in [5.74, 6) is -0.835. The molecule has 5 heteroatoms. The van der Waals surface area contributed by atoms with E-state index in [2.05, 4.69) is 4.37 Å². The zero-order valence-electron chi connectivity index (χ0n) is 7.77. The third kappa shape index (κ3) is 1.24. The molecule has 0 saturated heterocycles. The predicted molar refractivity (Wildman–Crippen MR) is 58.2 cm³/mol. The molecule has 0 unspecified atom stereocenters. The topological polar surface area (TPSA) is 50.2 Å². The molecule has 2 heterocycles. The van der Waals surface area contributed by atoms with E-state index in [9.17, 15) is 4.79 Å². The van der Waals surface area contributed by atoms with E-state index >= 15 is 0 Å². The quantitative estimate of drug-likeness (QED) is 0.858. The van der Waals surface area contributed by atoms with Crippen molar-refractivity contribution in [3.8, 4) is 0 Å². The lowest BCUT2D eigenvalue weighted by atomic mass is 9.89. The molecule has 2 rings (SSSR count). The molecule has 0 atom stereocenters. The van der Waals surface area contributed by atoms with Crippen LogP contribution in [0.5, 0.6) is 0 Å². The summed E-state index contributed by atoms with van der Waals surface area (Å²) in [7, 11) is 0. The average molecular weight is 227 g/mol. The lowest BCUT2D eigenvalue weighted by Gasteiger charge is -2.15. The van der Waals surface area contributed by atoms with Crippen LogP contribution in [0.3, 0.4) is 0 Å². The van der Waals surface area contributed by atoms with Gasteiger partial charge < -0.3 is 5.11 Å². The van der Waals surface area contributed by atoms with Crippen LogP contribution in [0.25, 0.3) is 9.40 Å². The van der Waals surface area contributed by atoms with Crippen LogP contribution < -0.4 is 0 Å². The molecule has 0 saturated carbocycles. The van der Waals surface area contributed by atoms with Gasteiger partial charge in [-0.1, -0.05) is 0 Å². The Balaban J connectivity index is 2.64. The van der Waals surface area contributed by atoms with Crippen LogP contribution >= 0.6 is 22.9 Å². The van der Waals surface area contributed by atoms with Crippen LogP contribution in [0.4, 0.5) is 0 Å². The molecule has 0 amide bonds. The normalized spacial score (nSPS) is 12.1. The standard InChI is InChI=1S/C9H9NO2S2/c1-9(2,8(11)12)7-6-5(14-10-7)3-4-13-6/h3-4H,1-2H3,(H,11,12). The largest absolute Gasteiger partial charge is 0.481 e. The van der Waals surface area contributed by atoms with Crippen molar-refractivity contribution < 1.29 is 9.90 Å². The molecule has 2 aromatic rings. The molecular formula is C9H9NO2S2. The fourth-order valence-corrected chi connectivity index (χ4v) is 3.33. The second-order valence-electron chi connectivity index (χ2n) is 3.58. The maximum Gasteiger partial charge on any atom is 0.315 e. The van der Waals surface area contributed by atoms with Gasteiger partial charge in [0.05, 0.1) is 15.1 Å². The molecule has 3 nitrogen and oxygen atoms in total. The zero-order valence-corrected chi connectivity index (χ0v) is 9.41. The van der Waals surface area contributed by atoms with Crippen molar-refractivity contribution in [2.75, 3.05) is 0 Å². The van der Waals surface area contributed by atoms with Crippen LogP contribution in [-0.2, 0) is 10.2 Å². The molecule has 1 N–H and O–H groups in total. The van der Waals surface area contributed by atoms with E-state index in [1.54, 1.807) is 25.2 Å². The highest BCUT2D eigenvalue weighted by Gasteiger charge is 2.34. The van der Waals surface area contributed by atoms with E-state index in [1.807, 2.05) is 11.4 Å². The van der Waals surface area contributed by atoms with Gasteiger partial charge >= 0.3 is 5.97 Å². The van der Waals surface area contributed by atoms with Crippen LogP contribution in [0.1, 0.15) is 19.5 Å². The number of carboxylic acid groups (broad SMARTS) is 1. The summed E-state index contributed by atoms with van der Waals surface area (Å²) in [5.41, 5.74) is -0.219. The fraction of sp³-hybridized carbons (Fsp3) is 0.333. The first kappa shape index (κ1) is 9.61. The van der Waals surface area contributed by atoms with Crippen LogP contribution in [0.2, 0.25) is 0 Å². The van der Waals surface area contributed by atoms with E-state index in [1.165, 1.54) is 11.5 Å². The molecule has 74 valence electrons. The SMILES string of the molecule is CC(C)(C(=O)O)c1nsc2ccsc12. The Morgan fingerprint density at radius 3 is 2.93 bits per heavy atom. The highest BCUT2D eigenvalue weighted by atomic mass is 32.1. The minimum Gasteiger partial charge on any atom is -0.481 e. The number of nitrogens with zero attached hydrogens (tertiary/aromatic N) is 1. The van der Waals surface area contributed by atoms with Crippen LogP contribution in [-0.4, -0.2) is 15.4 Å². The summed E-state index contributed by atoms with van der Waals surface area (Å²) in [4.78, 5) is 11.1. The monoisotopic (exact) mass is 227 g/mol. The third-order valence-corrected chi connectivity index (χ3v) is 4.07. The summed E-state index contributed by atoms with van der Waals surface area (Å²) < 4.78 is 6.29. The molecule has 0 fully saturated rings. The number of carboxylic acids is 1. The minimum absolute atomic E-state index is 0.681. The molecule has 0 bridgehead atoms. The molecule has 0 aromatic carbocycles. The van der Waals surface area contributed by atoms with Crippen LogP contribution in [0, 0.1) is 0 Å². The number of thiophene rings is 1. The van der Waals surface area contributed by atoms with Crippen molar-refractivity contribution in [2.45, 2.75) is 19.3 Å². The van der Waals surface area contributed by atoms with Gasteiger partial charge in [-0.15, -0.1) is 11.3 Å². The van der Waals surface area contributed by atoms with Crippen molar-refractivity contribution in [3.63, 3.8) is 0 Å². The van der Waals surface area contributed by atoms with E-state index in [-0.39, 0.29) is 0 Å². The number of aliphatic carboxylic acids is 1. The van der Waals surface area contributed by atoms with Gasteiger partial charge in [0.2, 0.25) is 0 Å². The molecule has 14 heavy (non-hydrogen) atoms. The Kier molecular flexibility index (Phi) is 2.08. The smallest absolute Gasteiger partial charge is 0.315 e. The maximum absolute atomic E-state index is 11.1. The van der Waals surface area contributed by atoms with E-state index in [0.717, 1.165) is 9.40 Å². The summed E-state index contributed by atoms with van der Waals surface area (Å²) in [6.07, 6.45) is 0. The van der Waals surface area contributed by atoms with Gasteiger partial charge in [0.25, 0.3) is 0 Å².